The van der Waals surface area contributed by atoms with Crippen LogP contribution in [0, 0.1) is 0 Å². The Morgan fingerprint density at radius 2 is 2.04 bits per heavy atom. The number of benzene rings is 1. The summed E-state index contributed by atoms with van der Waals surface area (Å²) in [5.41, 5.74) is 5.56. The van der Waals surface area contributed by atoms with E-state index in [9.17, 15) is 18.3 Å². The predicted octanol–water partition coefficient (Wildman–Crippen LogP) is 1.80. The molecular weight excluding hydrogens is 353 g/mol. The summed E-state index contributed by atoms with van der Waals surface area (Å²) < 4.78 is 48.1. The normalized spacial score (nSPS) is 14.8. The third-order valence-corrected chi connectivity index (χ3v) is 3.43. The standard InChI is InChI=1S/C16H13F3N4O3/c1-25-13-8-9(2-3-10(13)16(17,18)19)11-4-5-14(22-21-11)20-15(24)12-6-7-26-23-12/h2-8,21-22H,1H3,(H,20,24)/p-1. The van der Waals surface area contributed by atoms with Crippen molar-refractivity contribution in [2.24, 2.45) is 4.99 Å². The first-order chi connectivity index (χ1) is 12.4. The van der Waals surface area contributed by atoms with E-state index in [1.54, 1.807) is 6.08 Å². The van der Waals surface area contributed by atoms with E-state index in [1.165, 1.54) is 37.6 Å². The molecule has 136 valence electrons. The third-order valence-electron chi connectivity index (χ3n) is 3.43. The molecule has 0 bridgehead atoms. The van der Waals surface area contributed by atoms with Gasteiger partial charge in [-0.1, -0.05) is 11.2 Å². The largest absolute Gasteiger partial charge is 0.857 e. The van der Waals surface area contributed by atoms with Crippen molar-refractivity contribution in [1.29, 1.82) is 0 Å². The molecule has 1 aliphatic rings. The molecule has 0 atom stereocenters. The lowest BCUT2D eigenvalue weighted by molar-refractivity contribution is -0.213. The molecule has 7 nitrogen and oxygen atoms in total. The van der Waals surface area contributed by atoms with Crippen LogP contribution in [0.1, 0.15) is 16.8 Å². The van der Waals surface area contributed by atoms with Crippen LogP contribution in [0.3, 0.4) is 0 Å². The van der Waals surface area contributed by atoms with Gasteiger partial charge in [0.15, 0.2) is 0 Å². The van der Waals surface area contributed by atoms with E-state index >= 15 is 0 Å². The van der Waals surface area contributed by atoms with Crippen molar-refractivity contribution in [1.82, 2.24) is 16.0 Å². The molecule has 26 heavy (non-hydrogen) atoms. The van der Waals surface area contributed by atoms with E-state index in [0.29, 0.717) is 11.3 Å². The van der Waals surface area contributed by atoms with Crippen molar-refractivity contribution in [3.8, 4) is 5.75 Å². The highest BCUT2D eigenvalue weighted by Crippen LogP contribution is 2.37. The number of nitrogens with one attached hydrogen (secondary N) is 2. The molecule has 0 amide bonds. The Morgan fingerprint density at radius 1 is 1.23 bits per heavy atom. The summed E-state index contributed by atoms with van der Waals surface area (Å²) in [6.07, 6.45) is -0.203. The molecule has 0 saturated heterocycles. The number of ether oxygens (including phenoxy) is 1. The van der Waals surface area contributed by atoms with E-state index in [4.69, 9.17) is 4.74 Å². The first-order valence-corrected chi connectivity index (χ1v) is 7.24. The van der Waals surface area contributed by atoms with Gasteiger partial charge in [0.25, 0.3) is 0 Å². The number of nitrogens with zero attached hydrogens (tertiary/aromatic N) is 2. The summed E-state index contributed by atoms with van der Waals surface area (Å²) in [6.45, 7) is 0. The molecule has 0 radical (unpaired) electrons. The smallest absolute Gasteiger partial charge is 0.419 e. The number of halogens is 3. The maximum Gasteiger partial charge on any atom is 0.419 e. The molecule has 1 aromatic heterocycles. The first kappa shape index (κ1) is 17.4. The lowest BCUT2D eigenvalue weighted by atomic mass is 10.1. The fourth-order valence-corrected chi connectivity index (χ4v) is 2.19. The Labute approximate surface area is 145 Å². The van der Waals surface area contributed by atoms with Crippen LogP contribution in [0.4, 0.5) is 13.2 Å². The second-order valence-corrected chi connectivity index (χ2v) is 5.10. The SMILES string of the molecule is COc1cc(C2=CC=C(/N=C(\[O-])c3ccon3)NN2)ccc1C(F)(F)F. The third kappa shape index (κ3) is 3.63. The number of hydrazine groups is 1. The van der Waals surface area contributed by atoms with Gasteiger partial charge in [-0.05, 0) is 24.3 Å². The molecule has 0 saturated carbocycles. The molecule has 1 aliphatic heterocycles. The zero-order valence-corrected chi connectivity index (χ0v) is 13.3. The predicted molar refractivity (Wildman–Crippen MR) is 83.4 cm³/mol. The van der Waals surface area contributed by atoms with Gasteiger partial charge in [-0.2, -0.15) is 13.2 Å². The molecule has 10 heteroatoms. The minimum absolute atomic E-state index is 0.0509. The number of methoxy groups -OCH3 is 1. The van der Waals surface area contributed by atoms with E-state index in [-0.39, 0.29) is 17.3 Å². The van der Waals surface area contributed by atoms with Crippen molar-refractivity contribution in [3.05, 3.63) is 65.3 Å². The Morgan fingerprint density at radius 3 is 2.62 bits per heavy atom. The number of hydrogen-bond donors (Lipinski definition) is 2. The second kappa shape index (κ2) is 6.82. The Bertz CT molecular complexity index is 887. The number of aromatic nitrogens is 1. The number of aliphatic imine (C=N–C) groups is 1. The highest BCUT2D eigenvalue weighted by Gasteiger charge is 2.34. The minimum atomic E-state index is -4.51. The molecule has 2 N–H and O–H groups in total. The molecule has 0 fully saturated rings. The summed E-state index contributed by atoms with van der Waals surface area (Å²) in [5, 5.41) is 15.3. The second-order valence-electron chi connectivity index (χ2n) is 5.10. The summed E-state index contributed by atoms with van der Waals surface area (Å²) in [4.78, 5) is 3.79. The molecule has 2 aromatic rings. The van der Waals surface area contributed by atoms with Crippen LogP contribution in [0.5, 0.6) is 5.75 Å². The van der Waals surface area contributed by atoms with Gasteiger partial charge < -0.3 is 14.4 Å². The van der Waals surface area contributed by atoms with Crippen molar-refractivity contribution in [3.63, 3.8) is 0 Å². The Kier molecular flexibility index (Phi) is 4.57. The lowest BCUT2D eigenvalue weighted by Gasteiger charge is -2.20. The van der Waals surface area contributed by atoms with Gasteiger partial charge in [-0.15, -0.1) is 0 Å². The van der Waals surface area contributed by atoms with Gasteiger partial charge in [-0.3, -0.25) is 10.9 Å². The number of alkyl halides is 3. The topological polar surface area (TPSA) is 94.7 Å². The van der Waals surface area contributed by atoms with Gasteiger partial charge in [0.1, 0.15) is 23.5 Å². The fourth-order valence-electron chi connectivity index (χ4n) is 2.19. The zero-order chi connectivity index (χ0) is 18.7. The molecule has 1 aromatic carbocycles. The van der Waals surface area contributed by atoms with Crippen LogP contribution in [0.2, 0.25) is 0 Å². The van der Waals surface area contributed by atoms with Crippen LogP contribution in [0.15, 0.2) is 58.0 Å². The van der Waals surface area contributed by atoms with E-state index in [0.717, 1.165) is 6.07 Å². The van der Waals surface area contributed by atoms with Crippen LogP contribution in [0.25, 0.3) is 5.70 Å². The highest BCUT2D eigenvalue weighted by molar-refractivity contribution is 5.89. The summed E-state index contributed by atoms with van der Waals surface area (Å²) in [6, 6.07) is 4.88. The molecule has 0 spiro atoms. The quantitative estimate of drug-likeness (QED) is 0.634. The van der Waals surface area contributed by atoms with Gasteiger partial charge in [0.2, 0.25) is 0 Å². The van der Waals surface area contributed by atoms with Crippen molar-refractivity contribution < 1.29 is 27.5 Å². The summed E-state index contributed by atoms with van der Waals surface area (Å²) >= 11 is 0. The van der Waals surface area contributed by atoms with Crippen molar-refractivity contribution >= 4 is 11.6 Å². The zero-order valence-electron chi connectivity index (χ0n) is 13.3. The molecule has 2 heterocycles. The molecule has 0 unspecified atom stereocenters. The Balaban J connectivity index is 1.84. The van der Waals surface area contributed by atoms with Crippen molar-refractivity contribution in [2.45, 2.75) is 6.18 Å². The number of hydrogen-bond acceptors (Lipinski definition) is 7. The molecular formula is C16H12F3N4O3-. The first-order valence-electron chi connectivity index (χ1n) is 7.24. The van der Waals surface area contributed by atoms with E-state index < -0.39 is 17.6 Å². The maximum atomic E-state index is 12.9. The van der Waals surface area contributed by atoms with Crippen LogP contribution in [-0.4, -0.2) is 18.2 Å². The monoisotopic (exact) mass is 365 g/mol. The highest BCUT2D eigenvalue weighted by atomic mass is 19.4. The average molecular weight is 365 g/mol. The lowest BCUT2D eigenvalue weighted by Crippen LogP contribution is -2.32. The van der Waals surface area contributed by atoms with Crippen molar-refractivity contribution in [2.75, 3.05) is 7.11 Å². The van der Waals surface area contributed by atoms with Crippen LogP contribution >= 0.6 is 0 Å². The fraction of sp³-hybridized carbons (Fsp3) is 0.125. The average Bonchev–Trinajstić information content (AvgIpc) is 3.16. The summed E-state index contributed by atoms with van der Waals surface area (Å²) in [7, 11) is 1.17. The van der Waals surface area contributed by atoms with Gasteiger partial charge in [0.05, 0.1) is 18.4 Å². The number of rotatable bonds is 4. The number of allylic oxidation sites excluding steroid dienone is 2. The summed E-state index contributed by atoms with van der Waals surface area (Å²) in [5.74, 6) is -0.689. The minimum Gasteiger partial charge on any atom is -0.857 e. The molecule has 3 rings (SSSR count). The van der Waals surface area contributed by atoms with E-state index in [2.05, 4.69) is 25.5 Å². The van der Waals surface area contributed by atoms with Crippen LogP contribution < -0.4 is 20.7 Å². The molecule has 0 aliphatic carbocycles. The van der Waals surface area contributed by atoms with Gasteiger partial charge in [-0.25, -0.2) is 4.99 Å². The van der Waals surface area contributed by atoms with Crippen LogP contribution in [-0.2, 0) is 6.18 Å². The maximum absolute atomic E-state index is 12.9. The van der Waals surface area contributed by atoms with Gasteiger partial charge in [0, 0.05) is 17.5 Å². The van der Waals surface area contributed by atoms with E-state index in [1.807, 2.05) is 0 Å². The van der Waals surface area contributed by atoms with Gasteiger partial charge >= 0.3 is 6.18 Å². The Hall–Kier alpha value is -3.43.